The summed E-state index contributed by atoms with van der Waals surface area (Å²) < 4.78 is 0. The highest BCUT2D eigenvalue weighted by Crippen LogP contribution is 2.32. The molecule has 0 saturated heterocycles. The molecule has 1 atom stereocenters. The van der Waals surface area contributed by atoms with Crippen LogP contribution < -0.4 is 16.0 Å². The Bertz CT molecular complexity index is 1420. The number of nitrogen functional groups attached to an aromatic ring is 1. The number of rotatable bonds is 8. The van der Waals surface area contributed by atoms with Crippen molar-refractivity contribution >= 4 is 40.9 Å². The van der Waals surface area contributed by atoms with Crippen molar-refractivity contribution in [3.8, 4) is 0 Å². The molecule has 3 aromatic carbocycles. The lowest BCUT2D eigenvalue weighted by Crippen LogP contribution is -2.46. The number of carbonyl (C=O) groups is 4. The van der Waals surface area contributed by atoms with Gasteiger partial charge >= 0.3 is 5.97 Å². The van der Waals surface area contributed by atoms with E-state index in [1.54, 1.807) is 41.3 Å². The SMILES string of the molecule is CC(=O)N1c2ccc(NC(=O)c3ccc(C(=N)N)cc3)cc2C(=O)N(CCc2ccccc2)CC1CC(=O)O. The van der Waals surface area contributed by atoms with Crippen LogP contribution in [-0.2, 0) is 16.0 Å². The summed E-state index contributed by atoms with van der Waals surface area (Å²) in [6, 6.07) is 19.7. The van der Waals surface area contributed by atoms with Crippen LogP contribution in [0.2, 0.25) is 0 Å². The van der Waals surface area contributed by atoms with Crippen molar-refractivity contribution in [1.29, 1.82) is 5.41 Å². The molecule has 39 heavy (non-hydrogen) atoms. The third kappa shape index (κ3) is 6.30. The summed E-state index contributed by atoms with van der Waals surface area (Å²) >= 11 is 0. The summed E-state index contributed by atoms with van der Waals surface area (Å²) in [5, 5.41) is 19.8. The number of fused-ring (bicyclic) bond motifs is 1. The highest BCUT2D eigenvalue weighted by Gasteiger charge is 2.36. The van der Waals surface area contributed by atoms with Crippen molar-refractivity contribution in [1.82, 2.24) is 4.90 Å². The normalized spacial score (nSPS) is 14.8. The molecule has 3 aromatic rings. The van der Waals surface area contributed by atoms with Gasteiger partial charge in [0.05, 0.1) is 23.7 Å². The molecule has 4 rings (SSSR count). The van der Waals surface area contributed by atoms with E-state index in [0.717, 1.165) is 5.56 Å². The standard InChI is InChI=1S/C29H29N5O5/c1-18(35)34-23(16-26(36)37)17-33(14-13-19-5-3-2-4-6-19)29(39)24-15-22(11-12-25(24)34)32-28(38)21-9-7-20(8-10-21)27(30)31/h2-12,15,23H,13-14,16-17H2,1H3,(H3,30,31)(H,32,38)(H,36,37). The summed E-state index contributed by atoms with van der Waals surface area (Å²) in [5.74, 6) is -2.37. The second-order valence-electron chi connectivity index (χ2n) is 9.30. The minimum absolute atomic E-state index is 0.0520. The molecule has 3 amide bonds. The first-order chi connectivity index (χ1) is 18.6. The Hall–Kier alpha value is -4.99. The minimum atomic E-state index is -1.08. The van der Waals surface area contributed by atoms with Gasteiger partial charge in [-0.2, -0.15) is 0 Å². The lowest BCUT2D eigenvalue weighted by Gasteiger charge is -2.30. The molecule has 0 spiro atoms. The molecular weight excluding hydrogens is 498 g/mol. The van der Waals surface area contributed by atoms with E-state index in [-0.39, 0.29) is 36.2 Å². The molecule has 0 aliphatic carbocycles. The van der Waals surface area contributed by atoms with Crippen LogP contribution in [0.15, 0.2) is 72.8 Å². The molecule has 10 nitrogen and oxygen atoms in total. The molecule has 0 radical (unpaired) electrons. The molecule has 0 bridgehead atoms. The molecule has 200 valence electrons. The fourth-order valence-electron chi connectivity index (χ4n) is 4.67. The van der Waals surface area contributed by atoms with Crippen LogP contribution >= 0.6 is 0 Å². The number of carboxylic acids is 1. The van der Waals surface area contributed by atoms with Crippen LogP contribution in [0.4, 0.5) is 11.4 Å². The van der Waals surface area contributed by atoms with Crippen molar-refractivity contribution in [3.05, 3.63) is 95.1 Å². The number of hydrogen-bond donors (Lipinski definition) is 4. The first-order valence-electron chi connectivity index (χ1n) is 12.4. The zero-order valence-corrected chi connectivity index (χ0v) is 21.4. The van der Waals surface area contributed by atoms with Crippen molar-refractivity contribution in [2.75, 3.05) is 23.3 Å². The van der Waals surface area contributed by atoms with E-state index in [2.05, 4.69) is 5.32 Å². The summed E-state index contributed by atoms with van der Waals surface area (Å²) in [5.41, 5.74) is 8.13. The number of carboxylic acid groups (broad SMARTS) is 1. The third-order valence-electron chi connectivity index (χ3n) is 6.55. The predicted molar refractivity (Wildman–Crippen MR) is 147 cm³/mol. The largest absolute Gasteiger partial charge is 0.481 e. The van der Waals surface area contributed by atoms with Gasteiger partial charge in [0, 0.05) is 36.8 Å². The smallest absolute Gasteiger partial charge is 0.305 e. The molecule has 0 saturated carbocycles. The van der Waals surface area contributed by atoms with Crippen molar-refractivity contribution < 1.29 is 24.3 Å². The Morgan fingerprint density at radius 3 is 2.31 bits per heavy atom. The van der Waals surface area contributed by atoms with Crippen molar-refractivity contribution in [2.45, 2.75) is 25.8 Å². The van der Waals surface area contributed by atoms with Gasteiger partial charge in [0.1, 0.15) is 5.84 Å². The first kappa shape index (κ1) is 27.1. The summed E-state index contributed by atoms with van der Waals surface area (Å²) in [6.45, 7) is 1.71. The first-order valence-corrected chi connectivity index (χ1v) is 12.4. The maximum absolute atomic E-state index is 13.8. The highest BCUT2D eigenvalue weighted by atomic mass is 16.4. The van der Waals surface area contributed by atoms with Gasteiger partial charge < -0.3 is 26.0 Å². The fraction of sp³-hybridized carbons (Fsp3) is 0.207. The Balaban J connectivity index is 1.67. The second-order valence-corrected chi connectivity index (χ2v) is 9.30. The average Bonchev–Trinajstić information content (AvgIpc) is 3.01. The number of nitrogens with two attached hydrogens (primary N) is 1. The van der Waals surface area contributed by atoms with Gasteiger partial charge in [0.15, 0.2) is 0 Å². The second kappa shape index (κ2) is 11.6. The fourth-order valence-corrected chi connectivity index (χ4v) is 4.67. The van der Waals surface area contributed by atoms with Gasteiger partial charge in [-0.1, -0.05) is 42.5 Å². The molecule has 1 unspecified atom stereocenters. The Labute approximate surface area is 225 Å². The summed E-state index contributed by atoms with van der Waals surface area (Å²) in [7, 11) is 0. The van der Waals surface area contributed by atoms with Crippen LogP contribution in [0.25, 0.3) is 0 Å². The van der Waals surface area contributed by atoms with Crippen LogP contribution in [0.3, 0.4) is 0 Å². The van der Waals surface area contributed by atoms with E-state index < -0.39 is 17.9 Å². The zero-order chi connectivity index (χ0) is 28.1. The lowest BCUT2D eigenvalue weighted by molar-refractivity contribution is -0.137. The van der Waals surface area contributed by atoms with Crippen LogP contribution in [0, 0.1) is 5.41 Å². The monoisotopic (exact) mass is 527 g/mol. The van der Waals surface area contributed by atoms with Gasteiger partial charge in [-0.3, -0.25) is 24.6 Å². The lowest BCUT2D eigenvalue weighted by atomic mass is 10.1. The van der Waals surface area contributed by atoms with Crippen LogP contribution in [0.1, 0.15) is 45.2 Å². The molecule has 1 aliphatic heterocycles. The molecule has 1 aliphatic rings. The molecule has 10 heteroatoms. The van der Waals surface area contributed by atoms with E-state index in [9.17, 15) is 24.3 Å². The molecular formula is C29H29N5O5. The van der Waals surface area contributed by atoms with Gasteiger partial charge in [-0.25, -0.2) is 0 Å². The number of amidine groups is 1. The minimum Gasteiger partial charge on any atom is -0.481 e. The number of anilines is 2. The van der Waals surface area contributed by atoms with Gasteiger partial charge in [0.25, 0.3) is 11.8 Å². The van der Waals surface area contributed by atoms with Gasteiger partial charge in [0.2, 0.25) is 5.91 Å². The number of benzene rings is 3. The van der Waals surface area contributed by atoms with E-state index in [1.807, 2.05) is 30.3 Å². The third-order valence-corrected chi connectivity index (χ3v) is 6.55. The van der Waals surface area contributed by atoms with E-state index >= 15 is 0 Å². The predicted octanol–water partition coefficient (Wildman–Crippen LogP) is 3.12. The zero-order valence-electron chi connectivity index (χ0n) is 21.4. The Kier molecular flexibility index (Phi) is 8.04. The number of nitrogens with zero attached hydrogens (tertiary/aromatic N) is 2. The van der Waals surface area contributed by atoms with Crippen LogP contribution in [-0.4, -0.2) is 58.7 Å². The quantitative estimate of drug-likeness (QED) is 0.260. The average molecular weight is 528 g/mol. The number of hydrogen-bond acceptors (Lipinski definition) is 5. The molecule has 0 fully saturated rings. The van der Waals surface area contributed by atoms with Crippen molar-refractivity contribution in [3.63, 3.8) is 0 Å². The van der Waals surface area contributed by atoms with Crippen LogP contribution in [0.5, 0.6) is 0 Å². The summed E-state index contributed by atoms with van der Waals surface area (Å²) in [4.78, 5) is 54.0. The maximum atomic E-state index is 13.8. The number of nitrogens with one attached hydrogen (secondary N) is 2. The maximum Gasteiger partial charge on any atom is 0.305 e. The van der Waals surface area contributed by atoms with Gasteiger partial charge in [-0.15, -0.1) is 0 Å². The molecule has 1 heterocycles. The number of amides is 3. The van der Waals surface area contributed by atoms with Gasteiger partial charge in [-0.05, 0) is 42.3 Å². The highest BCUT2D eigenvalue weighted by molar-refractivity contribution is 6.09. The topological polar surface area (TPSA) is 157 Å². The summed E-state index contributed by atoms with van der Waals surface area (Å²) in [6.07, 6.45) is 0.220. The Morgan fingerprint density at radius 2 is 1.69 bits per heavy atom. The van der Waals surface area contributed by atoms with E-state index in [4.69, 9.17) is 11.1 Å². The number of aliphatic carboxylic acids is 1. The molecule has 0 aromatic heterocycles. The van der Waals surface area contributed by atoms with Crippen molar-refractivity contribution in [2.24, 2.45) is 5.73 Å². The Morgan fingerprint density at radius 1 is 1.03 bits per heavy atom. The number of carbonyl (C=O) groups excluding carboxylic acids is 3. The van der Waals surface area contributed by atoms with E-state index in [0.29, 0.717) is 35.5 Å². The molecule has 5 N–H and O–H groups in total. The van der Waals surface area contributed by atoms with E-state index in [1.165, 1.54) is 17.9 Å².